The lowest BCUT2D eigenvalue weighted by molar-refractivity contribution is -0.117. The Balaban J connectivity index is 2.78. The first-order chi connectivity index (χ1) is 4.05. The quantitative estimate of drug-likeness (QED) is 0.531. The van der Waals surface area contributed by atoms with Gasteiger partial charge in [-0.1, -0.05) is 23.2 Å². The summed E-state index contributed by atoms with van der Waals surface area (Å²) in [6.07, 6.45) is 0.995. The predicted molar refractivity (Wildman–Crippen MR) is 38.3 cm³/mol. The van der Waals surface area contributed by atoms with Crippen LogP contribution in [0.15, 0.2) is 0 Å². The van der Waals surface area contributed by atoms with Crippen molar-refractivity contribution in [2.24, 2.45) is 0 Å². The molecule has 0 aromatic carbocycles. The van der Waals surface area contributed by atoms with E-state index in [9.17, 15) is 4.79 Å². The van der Waals surface area contributed by atoms with Gasteiger partial charge < -0.3 is 0 Å². The van der Waals surface area contributed by atoms with Crippen molar-refractivity contribution < 1.29 is 4.79 Å². The lowest BCUT2D eigenvalue weighted by atomic mass is 10.3. The molecule has 0 saturated heterocycles. The highest BCUT2D eigenvalue weighted by molar-refractivity contribution is 6.62. The third kappa shape index (κ3) is 1.19. The Morgan fingerprint density at radius 2 is 2.11 bits per heavy atom. The van der Waals surface area contributed by atoms with E-state index >= 15 is 0 Å². The van der Waals surface area contributed by atoms with Gasteiger partial charge >= 0.3 is 0 Å². The second-order valence-corrected chi connectivity index (χ2v) is 3.97. The van der Waals surface area contributed by atoms with E-state index in [1.165, 1.54) is 0 Å². The molecule has 1 aliphatic rings. The number of ketones is 1. The van der Waals surface area contributed by atoms with E-state index in [1.807, 2.05) is 0 Å². The first-order valence-electron chi connectivity index (χ1n) is 2.60. The second kappa shape index (κ2) is 2.30. The molecule has 1 saturated carbocycles. The number of carbonyl (C=O) groups excluding carboxylic acids is 1. The standard InChI is InChI=1S/C5H5Cl3O/c6-3-1-2-4(9)5(3,7)8/h3H,1-2H2. The van der Waals surface area contributed by atoms with Gasteiger partial charge in [0, 0.05) is 6.42 Å². The summed E-state index contributed by atoms with van der Waals surface area (Å²) >= 11 is 16.7. The van der Waals surface area contributed by atoms with Crippen LogP contribution in [-0.4, -0.2) is 15.5 Å². The maximum Gasteiger partial charge on any atom is 0.192 e. The van der Waals surface area contributed by atoms with Gasteiger partial charge in [-0.05, 0) is 6.42 Å². The van der Waals surface area contributed by atoms with E-state index in [1.54, 1.807) is 0 Å². The van der Waals surface area contributed by atoms with E-state index in [0.29, 0.717) is 12.8 Å². The molecule has 1 aliphatic carbocycles. The lowest BCUT2D eigenvalue weighted by Gasteiger charge is -2.12. The van der Waals surface area contributed by atoms with Crippen molar-refractivity contribution in [3.63, 3.8) is 0 Å². The fraction of sp³-hybridized carbons (Fsp3) is 0.800. The zero-order valence-electron chi connectivity index (χ0n) is 4.53. The summed E-state index contributed by atoms with van der Waals surface area (Å²) in [5, 5.41) is -0.409. The molecule has 1 unspecified atom stereocenters. The van der Waals surface area contributed by atoms with Crippen LogP contribution in [0.4, 0.5) is 0 Å². The van der Waals surface area contributed by atoms with Crippen molar-refractivity contribution >= 4 is 40.6 Å². The zero-order valence-corrected chi connectivity index (χ0v) is 6.80. The molecular formula is C5H5Cl3O. The summed E-state index contributed by atoms with van der Waals surface area (Å²) in [6.45, 7) is 0. The first-order valence-corrected chi connectivity index (χ1v) is 3.79. The molecule has 0 spiro atoms. The van der Waals surface area contributed by atoms with Crippen LogP contribution in [0.2, 0.25) is 0 Å². The third-order valence-electron chi connectivity index (χ3n) is 1.39. The molecule has 4 heteroatoms. The van der Waals surface area contributed by atoms with Gasteiger partial charge in [0.2, 0.25) is 0 Å². The van der Waals surface area contributed by atoms with Crippen LogP contribution >= 0.6 is 34.8 Å². The van der Waals surface area contributed by atoms with E-state index in [2.05, 4.69) is 0 Å². The maximum atomic E-state index is 10.8. The van der Waals surface area contributed by atoms with Crippen LogP contribution in [0.25, 0.3) is 0 Å². The summed E-state index contributed by atoms with van der Waals surface area (Å²) in [6, 6.07) is 0. The Morgan fingerprint density at radius 3 is 2.22 bits per heavy atom. The Kier molecular flexibility index (Phi) is 1.95. The number of hydrogen-bond donors (Lipinski definition) is 0. The SMILES string of the molecule is O=C1CCC(Cl)C1(Cl)Cl. The number of hydrogen-bond acceptors (Lipinski definition) is 1. The molecule has 0 N–H and O–H groups in total. The zero-order chi connectivity index (χ0) is 7.07. The van der Waals surface area contributed by atoms with Gasteiger partial charge in [-0.3, -0.25) is 4.79 Å². The number of halogens is 3. The smallest absolute Gasteiger partial charge is 0.192 e. The fourth-order valence-corrected chi connectivity index (χ4v) is 1.42. The predicted octanol–water partition coefficient (Wildman–Crippen LogP) is 2.13. The van der Waals surface area contributed by atoms with E-state index in [-0.39, 0.29) is 5.78 Å². The van der Waals surface area contributed by atoms with E-state index < -0.39 is 9.71 Å². The Morgan fingerprint density at radius 1 is 1.56 bits per heavy atom. The van der Waals surface area contributed by atoms with Crippen LogP contribution in [0, 0.1) is 0 Å². The van der Waals surface area contributed by atoms with Crippen LogP contribution in [0.5, 0.6) is 0 Å². The highest BCUT2D eigenvalue weighted by Crippen LogP contribution is 2.39. The van der Waals surface area contributed by atoms with Gasteiger partial charge in [-0.2, -0.15) is 0 Å². The highest BCUT2D eigenvalue weighted by Gasteiger charge is 2.46. The molecular weight excluding hydrogens is 182 g/mol. The molecule has 1 atom stereocenters. The third-order valence-corrected chi connectivity index (χ3v) is 3.11. The maximum absolute atomic E-state index is 10.8. The van der Waals surface area contributed by atoms with Gasteiger partial charge in [-0.25, -0.2) is 0 Å². The van der Waals surface area contributed by atoms with E-state index in [0.717, 1.165) is 0 Å². The van der Waals surface area contributed by atoms with Crippen molar-refractivity contribution in [2.45, 2.75) is 22.6 Å². The van der Waals surface area contributed by atoms with Crippen molar-refractivity contribution in [2.75, 3.05) is 0 Å². The lowest BCUT2D eigenvalue weighted by Crippen LogP contribution is -2.27. The highest BCUT2D eigenvalue weighted by atomic mass is 35.5. The molecule has 0 radical (unpaired) electrons. The molecule has 1 fully saturated rings. The van der Waals surface area contributed by atoms with Crippen molar-refractivity contribution in [1.29, 1.82) is 0 Å². The molecule has 0 bridgehead atoms. The minimum atomic E-state index is -1.32. The van der Waals surface area contributed by atoms with Gasteiger partial charge in [0.15, 0.2) is 10.1 Å². The molecule has 0 amide bonds. The average Bonchev–Trinajstić information content (AvgIpc) is 1.96. The molecule has 1 nitrogen and oxygen atoms in total. The normalized spacial score (nSPS) is 33.2. The topological polar surface area (TPSA) is 17.1 Å². The van der Waals surface area contributed by atoms with Crippen LogP contribution in [-0.2, 0) is 4.79 Å². The molecule has 0 heterocycles. The van der Waals surface area contributed by atoms with Crippen LogP contribution < -0.4 is 0 Å². The molecule has 1 rings (SSSR count). The van der Waals surface area contributed by atoms with Gasteiger partial charge in [0.05, 0.1) is 5.38 Å². The van der Waals surface area contributed by atoms with Crippen LogP contribution in [0.3, 0.4) is 0 Å². The number of rotatable bonds is 0. The largest absolute Gasteiger partial charge is 0.296 e. The summed E-state index contributed by atoms with van der Waals surface area (Å²) in [5.74, 6) is -0.161. The first kappa shape index (κ1) is 7.64. The fourth-order valence-electron chi connectivity index (χ4n) is 0.780. The number of alkyl halides is 3. The van der Waals surface area contributed by atoms with Crippen molar-refractivity contribution in [3.8, 4) is 0 Å². The Hall–Kier alpha value is 0.540. The minimum absolute atomic E-state index is 0.161. The average molecular weight is 187 g/mol. The van der Waals surface area contributed by atoms with Gasteiger partial charge in [-0.15, -0.1) is 11.6 Å². The summed E-state index contributed by atoms with van der Waals surface area (Å²) in [7, 11) is 0. The van der Waals surface area contributed by atoms with E-state index in [4.69, 9.17) is 34.8 Å². The summed E-state index contributed by atoms with van der Waals surface area (Å²) in [4.78, 5) is 10.8. The summed E-state index contributed by atoms with van der Waals surface area (Å²) < 4.78 is -1.32. The van der Waals surface area contributed by atoms with Gasteiger partial charge in [0.25, 0.3) is 0 Å². The Labute approximate surface area is 68.3 Å². The number of Topliss-reactive ketones (excluding diaryl/α,β-unsaturated/α-hetero) is 1. The Bertz CT molecular complexity index is 143. The second-order valence-electron chi connectivity index (χ2n) is 2.05. The van der Waals surface area contributed by atoms with Crippen molar-refractivity contribution in [1.82, 2.24) is 0 Å². The molecule has 9 heavy (non-hydrogen) atoms. The molecule has 52 valence electrons. The molecule has 0 aromatic heterocycles. The molecule has 0 aliphatic heterocycles. The van der Waals surface area contributed by atoms with Crippen molar-refractivity contribution in [3.05, 3.63) is 0 Å². The van der Waals surface area contributed by atoms with Gasteiger partial charge in [0.1, 0.15) is 0 Å². The monoisotopic (exact) mass is 186 g/mol. The molecule has 0 aromatic rings. The van der Waals surface area contributed by atoms with Crippen LogP contribution in [0.1, 0.15) is 12.8 Å². The summed E-state index contributed by atoms with van der Waals surface area (Å²) in [5.41, 5.74) is 0. The number of carbonyl (C=O) groups is 1. The minimum Gasteiger partial charge on any atom is -0.296 e.